The second-order valence-electron chi connectivity index (χ2n) is 6.48. The summed E-state index contributed by atoms with van der Waals surface area (Å²) in [6.45, 7) is 5.84. The zero-order valence-electron chi connectivity index (χ0n) is 15.6. The fraction of sp³-hybridized carbons (Fsp3) is 0.316. The van der Waals surface area contributed by atoms with Crippen molar-refractivity contribution in [3.8, 4) is 0 Å². The first kappa shape index (κ1) is 21.6. The summed E-state index contributed by atoms with van der Waals surface area (Å²) in [5, 5.41) is 6.91. The molecule has 0 aliphatic carbocycles. The van der Waals surface area contributed by atoms with Crippen LogP contribution in [0, 0.1) is 24.5 Å². The molecule has 0 saturated heterocycles. The number of aromatic nitrogens is 2. The fourth-order valence-corrected chi connectivity index (χ4v) is 2.64. The van der Waals surface area contributed by atoms with Gasteiger partial charge in [-0.3, -0.25) is 9.48 Å². The van der Waals surface area contributed by atoms with E-state index in [1.807, 2.05) is 13.8 Å². The van der Waals surface area contributed by atoms with Crippen molar-refractivity contribution in [3.63, 3.8) is 0 Å². The van der Waals surface area contributed by atoms with Crippen LogP contribution in [0.15, 0.2) is 24.3 Å². The molecule has 2 aromatic rings. The molecule has 28 heavy (non-hydrogen) atoms. The van der Waals surface area contributed by atoms with E-state index in [4.69, 9.17) is 16.3 Å². The lowest BCUT2D eigenvalue weighted by molar-refractivity contribution is -0.142. The van der Waals surface area contributed by atoms with Crippen LogP contribution in [0.1, 0.15) is 25.1 Å². The van der Waals surface area contributed by atoms with Gasteiger partial charge in [0.15, 0.2) is 6.61 Å². The van der Waals surface area contributed by atoms with E-state index in [0.717, 1.165) is 18.2 Å². The smallest absolute Gasteiger partial charge is 0.331 e. The van der Waals surface area contributed by atoms with E-state index in [2.05, 4.69) is 10.4 Å². The molecule has 0 bridgehead atoms. The Hall–Kier alpha value is -2.74. The lowest BCUT2D eigenvalue weighted by atomic mass is 10.2. The van der Waals surface area contributed by atoms with E-state index in [1.165, 1.54) is 6.08 Å². The first-order valence-corrected chi connectivity index (χ1v) is 8.87. The monoisotopic (exact) mass is 411 g/mol. The Labute approximate surface area is 166 Å². The van der Waals surface area contributed by atoms with Gasteiger partial charge in [0.2, 0.25) is 0 Å². The highest BCUT2D eigenvalue weighted by molar-refractivity contribution is 6.31. The topological polar surface area (TPSA) is 73.2 Å². The standard InChI is InChI=1S/C19H20ClF2N3O3/c1-11(2)9-25-19(20)14(12(3)24-25)5-7-18(27)28-10-17(26)23-16-6-4-13(21)8-15(16)22/h4-8,11H,9-10H2,1-3H3,(H,23,26)/b7-5+. The van der Waals surface area contributed by atoms with Crippen LogP contribution in [0.3, 0.4) is 0 Å². The highest BCUT2D eigenvalue weighted by Crippen LogP contribution is 2.22. The van der Waals surface area contributed by atoms with Gasteiger partial charge < -0.3 is 10.1 Å². The summed E-state index contributed by atoms with van der Waals surface area (Å²) in [6.07, 6.45) is 2.59. The third-order valence-electron chi connectivity index (χ3n) is 3.58. The number of esters is 1. The van der Waals surface area contributed by atoms with Crippen LogP contribution in [-0.2, 0) is 20.9 Å². The van der Waals surface area contributed by atoms with E-state index in [-0.39, 0.29) is 5.69 Å². The van der Waals surface area contributed by atoms with Gasteiger partial charge in [-0.25, -0.2) is 13.6 Å². The average Bonchev–Trinajstić information content (AvgIpc) is 2.86. The summed E-state index contributed by atoms with van der Waals surface area (Å²) in [7, 11) is 0. The largest absolute Gasteiger partial charge is 0.452 e. The summed E-state index contributed by atoms with van der Waals surface area (Å²) in [4.78, 5) is 23.5. The fourth-order valence-electron chi connectivity index (χ4n) is 2.34. The number of ether oxygens (including phenoxy) is 1. The van der Waals surface area contributed by atoms with Gasteiger partial charge in [0.1, 0.15) is 16.8 Å². The average molecular weight is 412 g/mol. The summed E-state index contributed by atoms with van der Waals surface area (Å²) >= 11 is 6.27. The number of hydrogen-bond acceptors (Lipinski definition) is 4. The van der Waals surface area contributed by atoms with Crippen LogP contribution in [0.5, 0.6) is 0 Å². The van der Waals surface area contributed by atoms with Gasteiger partial charge in [-0.05, 0) is 31.1 Å². The van der Waals surface area contributed by atoms with Crippen molar-refractivity contribution >= 4 is 35.2 Å². The molecular formula is C19H20ClF2N3O3. The Bertz CT molecular complexity index is 910. The normalized spacial score (nSPS) is 11.2. The van der Waals surface area contributed by atoms with Crippen LogP contribution in [0.25, 0.3) is 6.08 Å². The minimum absolute atomic E-state index is 0.210. The SMILES string of the molecule is Cc1nn(CC(C)C)c(Cl)c1/C=C/C(=O)OCC(=O)Nc1ccc(F)cc1F. The molecule has 0 unspecified atom stereocenters. The van der Waals surface area contributed by atoms with Gasteiger partial charge in [-0.1, -0.05) is 25.4 Å². The zero-order chi connectivity index (χ0) is 20.8. The number of hydrogen-bond donors (Lipinski definition) is 1. The summed E-state index contributed by atoms with van der Waals surface area (Å²) in [6, 6.07) is 2.71. The Morgan fingerprint density at radius 3 is 2.71 bits per heavy atom. The second kappa shape index (κ2) is 9.45. The van der Waals surface area contributed by atoms with E-state index in [0.29, 0.717) is 34.9 Å². The van der Waals surface area contributed by atoms with Crippen molar-refractivity contribution in [2.24, 2.45) is 5.92 Å². The molecule has 1 aromatic heterocycles. The molecule has 0 saturated carbocycles. The molecule has 1 aromatic carbocycles. The lowest BCUT2D eigenvalue weighted by Crippen LogP contribution is -2.20. The molecule has 0 spiro atoms. The third kappa shape index (κ3) is 5.88. The summed E-state index contributed by atoms with van der Waals surface area (Å²) in [5.41, 5.74) is 1.02. The number of carbonyl (C=O) groups excluding carboxylic acids is 2. The number of amides is 1. The summed E-state index contributed by atoms with van der Waals surface area (Å²) in [5.74, 6) is -2.88. The lowest BCUT2D eigenvalue weighted by Gasteiger charge is -2.06. The maximum Gasteiger partial charge on any atom is 0.331 e. The molecule has 2 rings (SSSR count). The zero-order valence-corrected chi connectivity index (χ0v) is 16.4. The quantitative estimate of drug-likeness (QED) is 0.552. The number of nitrogens with one attached hydrogen (secondary N) is 1. The van der Waals surface area contributed by atoms with Gasteiger partial charge in [-0.15, -0.1) is 0 Å². The van der Waals surface area contributed by atoms with E-state index < -0.39 is 30.1 Å². The number of nitrogens with zero attached hydrogens (tertiary/aromatic N) is 2. The number of aryl methyl sites for hydroxylation is 1. The van der Waals surface area contributed by atoms with Crippen LogP contribution < -0.4 is 5.32 Å². The highest BCUT2D eigenvalue weighted by atomic mass is 35.5. The Morgan fingerprint density at radius 1 is 1.36 bits per heavy atom. The molecule has 1 heterocycles. The highest BCUT2D eigenvalue weighted by Gasteiger charge is 2.13. The molecule has 150 valence electrons. The van der Waals surface area contributed by atoms with Crippen molar-refractivity contribution < 1.29 is 23.1 Å². The van der Waals surface area contributed by atoms with E-state index >= 15 is 0 Å². The molecule has 0 aliphatic rings. The van der Waals surface area contributed by atoms with E-state index in [1.54, 1.807) is 11.6 Å². The molecule has 1 N–H and O–H groups in total. The van der Waals surface area contributed by atoms with Crippen molar-refractivity contribution in [1.29, 1.82) is 0 Å². The molecule has 0 aliphatic heterocycles. The van der Waals surface area contributed by atoms with Crippen LogP contribution in [-0.4, -0.2) is 28.3 Å². The van der Waals surface area contributed by atoms with Crippen molar-refractivity contribution in [3.05, 3.63) is 52.3 Å². The second-order valence-corrected chi connectivity index (χ2v) is 6.84. The number of anilines is 1. The first-order valence-electron chi connectivity index (χ1n) is 8.50. The van der Waals surface area contributed by atoms with Gasteiger partial charge in [-0.2, -0.15) is 5.10 Å². The van der Waals surface area contributed by atoms with Gasteiger partial charge in [0, 0.05) is 24.3 Å². The van der Waals surface area contributed by atoms with Gasteiger partial charge >= 0.3 is 5.97 Å². The maximum atomic E-state index is 13.5. The molecule has 1 amide bonds. The molecule has 6 nitrogen and oxygen atoms in total. The van der Waals surface area contributed by atoms with Gasteiger partial charge in [0.05, 0.1) is 11.4 Å². The molecule has 0 atom stereocenters. The predicted molar refractivity (Wildman–Crippen MR) is 102 cm³/mol. The number of carbonyl (C=O) groups is 2. The van der Waals surface area contributed by atoms with Crippen molar-refractivity contribution in [2.45, 2.75) is 27.3 Å². The van der Waals surface area contributed by atoms with E-state index in [9.17, 15) is 18.4 Å². The summed E-state index contributed by atoms with van der Waals surface area (Å²) < 4.78 is 32.8. The van der Waals surface area contributed by atoms with Gasteiger partial charge in [0.25, 0.3) is 5.91 Å². The molecule has 9 heteroatoms. The number of rotatable bonds is 7. The predicted octanol–water partition coefficient (Wildman–Crippen LogP) is 3.97. The Morgan fingerprint density at radius 2 is 2.07 bits per heavy atom. The van der Waals surface area contributed by atoms with Crippen LogP contribution >= 0.6 is 11.6 Å². The maximum absolute atomic E-state index is 13.5. The molecule has 0 radical (unpaired) electrons. The number of benzene rings is 1. The Balaban J connectivity index is 1.91. The first-order chi connectivity index (χ1) is 13.2. The van der Waals surface area contributed by atoms with Crippen LogP contribution in [0.4, 0.5) is 14.5 Å². The minimum Gasteiger partial charge on any atom is -0.452 e. The van der Waals surface area contributed by atoms with Crippen molar-refractivity contribution in [1.82, 2.24) is 9.78 Å². The molecular weight excluding hydrogens is 392 g/mol. The third-order valence-corrected chi connectivity index (χ3v) is 3.98. The molecule has 0 fully saturated rings. The minimum atomic E-state index is -0.928. The number of halogens is 3. The Kier molecular flexibility index (Phi) is 7.28. The van der Waals surface area contributed by atoms with Crippen molar-refractivity contribution in [2.75, 3.05) is 11.9 Å². The van der Waals surface area contributed by atoms with Crippen LogP contribution in [0.2, 0.25) is 5.15 Å².